The summed E-state index contributed by atoms with van der Waals surface area (Å²) in [7, 11) is 1.70. The van der Waals surface area contributed by atoms with Crippen LogP contribution in [-0.2, 0) is 11.2 Å². The van der Waals surface area contributed by atoms with Crippen LogP contribution < -0.4 is 10.6 Å². The number of hydrogen-bond donors (Lipinski definition) is 2. The predicted octanol–water partition coefficient (Wildman–Crippen LogP) is 2.31. The van der Waals surface area contributed by atoms with E-state index in [1.165, 1.54) is 0 Å². The maximum absolute atomic E-state index is 5.12. The van der Waals surface area contributed by atoms with Gasteiger partial charge in [0.15, 0.2) is 0 Å². The minimum absolute atomic E-state index is 0.231. The minimum atomic E-state index is 0.231. The molecule has 0 spiro atoms. The van der Waals surface area contributed by atoms with E-state index in [-0.39, 0.29) is 6.04 Å². The average molecular weight is 252 g/mol. The summed E-state index contributed by atoms with van der Waals surface area (Å²) in [4.78, 5) is 8.63. The molecule has 0 saturated heterocycles. The molecule has 0 radical (unpaired) electrons. The molecule has 5 nitrogen and oxygen atoms in total. The third-order valence-electron chi connectivity index (χ3n) is 2.64. The van der Waals surface area contributed by atoms with Gasteiger partial charge in [0.2, 0.25) is 0 Å². The molecule has 1 heterocycles. The molecule has 0 bridgehead atoms. The fourth-order valence-corrected chi connectivity index (χ4v) is 1.79. The summed E-state index contributed by atoms with van der Waals surface area (Å²) in [6, 6.07) is 0.231. The standard InChI is InChI=1S/C13H24N4O/c1-5-7-14-12-11(6-2)13(16-9-15-12)17-10(3)8-18-4/h9-10H,5-8H2,1-4H3,(H2,14,15,16,17). The molecule has 1 unspecified atom stereocenters. The Bertz CT molecular complexity index is 357. The summed E-state index contributed by atoms with van der Waals surface area (Å²) < 4.78 is 5.12. The molecule has 0 aliphatic heterocycles. The lowest BCUT2D eigenvalue weighted by Gasteiger charge is -2.18. The maximum atomic E-state index is 5.12. The van der Waals surface area contributed by atoms with E-state index >= 15 is 0 Å². The van der Waals surface area contributed by atoms with E-state index in [0.29, 0.717) is 6.61 Å². The zero-order chi connectivity index (χ0) is 13.4. The number of methoxy groups -OCH3 is 1. The minimum Gasteiger partial charge on any atom is -0.383 e. The van der Waals surface area contributed by atoms with Crippen molar-refractivity contribution in [2.24, 2.45) is 0 Å². The highest BCUT2D eigenvalue weighted by molar-refractivity contribution is 5.57. The van der Waals surface area contributed by atoms with Crippen molar-refractivity contribution in [3.05, 3.63) is 11.9 Å². The van der Waals surface area contributed by atoms with E-state index in [2.05, 4.69) is 41.4 Å². The molecule has 102 valence electrons. The molecule has 0 aliphatic rings. The van der Waals surface area contributed by atoms with Crippen molar-refractivity contribution in [3.63, 3.8) is 0 Å². The highest BCUT2D eigenvalue weighted by Gasteiger charge is 2.11. The van der Waals surface area contributed by atoms with Crippen LogP contribution in [0.3, 0.4) is 0 Å². The number of hydrogen-bond acceptors (Lipinski definition) is 5. The van der Waals surface area contributed by atoms with Crippen LogP contribution in [0.2, 0.25) is 0 Å². The molecule has 1 aromatic rings. The Morgan fingerprint density at radius 3 is 2.61 bits per heavy atom. The fraction of sp³-hybridized carbons (Fsp3) is 0.692. The van der Waals surface area contributed by atoms with Gasteiger partial charge < -0.3 is 15.4 Å². The first-order valence-electron chi connectivity index (χ1n) is 6.56. The SMILES string of the molecule is CCCNc1ncnc(NC(C)COC)c1CC. The lowest BCUT2D eigenvalue weighted by atomic mass is 10.2. The molecule has 0 saturated carbocycles. The van der Waals surface area contributed by atoms with Crippen LogP contribution in [0.1, 0.15) is 32.8 Å². The van der Waals surface area contributed by atoms with Crippen LogP contribution >= 0.6 is 0 Å². The van der Waals surface area contributed by atoms with E-state index in [9.17, 15) is 0 Å². The number of ether oxygens (including phenoxy) is 1. The lowest BCUT2D eigenvalue weighted by Crippen LogP contribution is -2.23. The van der Waals surface area contributed by atoms with Gasteiger partial charge in [-0.1, -0.05) is 13.8 Å². The highest BCUT2D eigenvalue weighted by atomic mass is 16.5. The monoisotopic (exact) mass is 252 g/mol. The molecular formula is C13H24N4O. The van der Waals surface area contributed by atoms with Gasteiger partial charge in [0, 0.05) is 25.3 Å². The van der Waals surface area contributed by atoms with Gasteiger partial charge in [-0.15, -0.1) is 0 Å². The summed E-state index contributed by atoms with van der Waals surface area (Å²) in [5.74, 6) is 1.83. The summed E-state index contributed by atoms with van der Waals surface area (Å²) in [5, 5.41) is 6.70. The third-order valence-corrected chi connectivity index (χ3v) is 2.64. The van der Waals surface area contributed by atoms with Crippen LogP contribution in [0.25, 0.3) is 0 Å². The van der Waals surface area contributed by atoms with E-state index in [1.54, 1.807) is 13.4 Å². The van der Waals surface area contributed by atoms with Crippen molar-refractivity contribution in [1.29, 1.82) is 0 Å². The topological polar surface area (TPSA) is 59.1 Å². The van der Waals surface area contributed by atoms with E-state index in [4.69, 9.17) is 4.74 Å². The Morgan fingerprint density at radius 1 is 1.28 bits per heavy atom. The normalized spacial score (nSPS) is 12.2. The molecule has 0 aliphatic carbocycles. The van der Waals surface area contributed by atoms with Gasteiger partial charge in [0.1, 0.15) is 18.0 Å². The van der Waals surface area contributed by atoms with Gasteiger partial charge in [-0.2, -0.15) is 0 Å². The largest absolute Gasteiger partial charge is 0.383 e. The number of nitrogens with one attached hydrogen (secondary N) is 2. The van der Waals surface area contributed by atoms with Crippen LogP contribution in [0.4, 0.5) is 11.6 Å². The van der Waals surface area contributed by atoms with Gasteiger partial charge in [-0.3, -0.25) is 0 Å². The van der Waals surface area contributed by atoms with Crippen molar-refractivity contribution < 1.29 is 4.74 Å². The van der Waals surface area contributed by atoms with Crippen molar-refractivity contribution in [2.45, 2.75) is 39.7 Å². The zero-order valence-electron chi connectivity index (χ0n) is 11.8. The van der Waals surface area contributed by atoms with Gasteiger partial charge in [-0.05, 0) is 19.8 Å². The Labute approximate surface area is 109 Å². The lowest BCUT2D eigenvalue weighted by molar-refractivity contribution is 0.190. The van der Waals surface area contributed by atoms with E-state index in [1.807, 2.05) is 0 Å². The molecular weight excluding hydrogens is 228 g/mol. The van der Waals surface area contributed by atoms with Crippen LogP contribution in [0, 0.1) is 0 Å². The Kier molecular flexibility index (Phi) is 6.43. The number of anilines is 2. The summed E-state index contributed by atoms with van der Waals surface area (Å²) in [6.45, 7) is 7.91. The molecule has 0 amide bonds. The van der Waals surface area contributed by atoms with Crippen LogP contribution in [0.15, 0.2) is 6.33 Å². The molecule has 0 fully saturated rings. The first kappa shape index (κ1) is 14.7. The average Bonchev–Trinajstić information content (AvgIpc) is 2.36. The summed E-state index contributed by atoms with van der Waals surface area (Å²) in [6.07, 6.45) is 3.57. The fourth-order valence-electron chi connectivity index (χ4n) is 1.79. The molecule has 1 rings (SSSR count). The predicted molar refractivity (Wildman–Crippen MR) is 75.2 cm³/mol. The number of nitrogens with zero attached hydrogens (tertiary/aromatic N) is 2. The second-order valence-corrected chi connectivity index (χ2v) is 4.33. The van der Waals surface area contributed by atoms with Crippen molar-refractivity contribution in [1.82, 2.24) is 9.97 Å². The first-order valence-corrected chi connectivity index (χ1v) is 6.56. The van der Waals surface area contributed by atoms with Gasteiger partial charge >= 0.3 is 0 Å². The number of aromatic nitrogens is 2. The smallest absolute Gasteiger partial charge is 0.134 e. The molecule has 18 heavy (non-hydrogen) atoms. The molecule has 1 atom stereocenters. The summed E-state index contributed by atoms with van der Waals surface area (Å²) >= 11 is 0. The van der Waals surface area contributed by atoms with Crippen LogP contribution in [0.5, 0.6) is 0 Å². The molecule has 5 heteroatoms. The van der Waals surface area contributed by atoms with Crippen molar-refractivity contribution in [2.75, 3.05) is 30.9 Å². The number of rotatable bonds is 8. The Hall–Kier alpha value is -1.36. The Morgan fingerprint density at radius 2 is 2.00 bits per heavy atom. The zero-order valence-corrected chi connectivity index (χ0v) is 11.8. The maximum Gasteiger partial charge on any atom is 0.134 e. The second kappa shape index (κ2) is 7.87. The van der Waals surface area contributed by atoms with Crippen molar-refractivity contribution >= 4 is 11.6 Å². The van der Waals surface area contributed by atoms with Crippen LogP contribution in [-0.4, -0.2) is 36.3 Å². The quantitative estimate of drug-likeness (QED) is 0.743. The van der Waals surface area contributed by atoms with Gasteiger partial charge in [0.05, 0.1) is 6.61 Å². The Balaban J connectivity index is 2.83. The van der Waals surface area contributed by atoms with E-state index < -0.39 is 0 Å². The molecule has 1 aromatic heterocycles. The highest BCUT2D eigenvalue weighted by Crippen LogP contribution is 2.21. The molecule has 2 N–H and O–H groups in total. The first-order chi connectivity index (χ1) is 8.72. The summed E-state index contributed by atoms with van der Waals surface area (Å²) in [5.41, 5.74) is 1.13. The third kappa shape index (κ3) is 4.14. The molecule has 0 aromatic carbocycles. The van der Waals surface area contributed by atoms with E-state index in [0.717, 1.165) is 36.6 Å². The second-order valence-electron chi connectivity index (χ2n) is 4.33. The van der Waals surface area contributed by atoms with Gasteiger partial charge in [-0.25, -0.2) is 9.97 Å². The van der Waals surface area contributed by atoms with Crippen molar-refractivity contribution in [3.8, 4) is 0 Å². The van der Waals surface area contributed by atoms with Gasteiger partial charge in [0.25, 0.3) is 0 Å².